The average Bonchev–Trinajstić information content (AvgIpc) is 2.60. The number of carbonyl (C=O) groups excluding carboxylic acids is 1. The van der Waals surface area contributed by atoms with Gasteiger partial charge in [0.1, 0.15) is 5.75 Å². The van der Waals surface area contributed by atoms with Gasteiger partial charge in [0.05, 0.1) is 19.9 Å². The van der Waals surface area contributed by atoms with E-state index in [1.807, 2.05) is 18.2 Å². The summed E-state index contributed by atoms with van der Waals surface area (Å²) in [6, 6.07) is 16.2. The summed E-state index contributed by atoms with van der Waals surface area (Å²) < 4.78 is 30.7. The number of likely N-dealkylation sites (N-methyl/N-ethyl adjacent to an activating group) is 1. The van der Waals surface area contributed by atoms with Crippen LogP contribution in [0.15, 0.2) is 54.6 Å². The zero-order valence-electron chi connectivity index (χ0n) is 14.5. The molecule has 0 saturated carbocycles. The summed E-state index contributed by atoms with van der Waals surface area (Å²) in [6.07, 6.45) is 1.10. The second kappa shape index (κ2) is 8.13. The van der Waals surface area contributed by atoms with E-state index in [-0.39, 0.29) is 19.0 Å². The van der Waals surface area contributed by atoms with Gasteiger partial charge in [0.2, 0.25) is 15.9 Å². The number of carbonyl (C=O) groups is 1. The molecule has 6 nitrogen and oxygen atoms in total. The quantitative estimate of drug-likeness (QED) is 0.757. The lowest BCUT2D eigenvalue weighted by atomic mass is 10.2. The Labute approximate surface area is 148 Å². The highest BCUT2D eigenvalue weighted by Gasteiger charge is 2.24. The normalized spacial score (nSPS) is 11.4. The molecule has 0 spiro atoms. The van der Waals surface area contributed by atoms with E-state index >= 15 is 0 Å². The smallest absolute Gasteiger partial charge is 0.242 e. The van der Waals surface area contributed by atoms with Crippen molar-refractivity contribution in [3.63, 3.8) is 0 Å². The minimum absolute atomic E-state index is 0.0667. The Hall–Kier alpha value is -2.38. The maximum absolute atomic E-state index is 12.5. The molecule has 0 atom stereocenters. The molecule has 0 unspecified atom stereocenters. The van der Waals surface area contributed by atoms with Crippen LogP contribution in [-0.2, 0) is 21.4 Å². The molecule has 0 radical (unpaired) electrons. The maximum atomic E-state index is 12.5. The van der Waals surface area contributed by atoms with Crippen molar-refractivity contribution in [2.75, 3.05) is 31.9 Å². The second-order valence-corrected chi connectivity index (χ2v) is 7.61. The topological polar surface area (TPSA) is 66.9 Å². The van der Waals surface area contributed by atoms with Crippen LogP contribution in [0.1, 0.15) is 5.56 Å². The number of methoxy groups -OCH3 is 1. The molecule has 2 aromatic carbocycles. The number of amides is 1. The van der Waals surface area contributed by atoms with E-state index in [0.29, 0.717) is 17.0 Å². The fraction of sp³-hybridized carbons (Fsp3) is 0.278. The lowest BCUT2D eigenvalue weighted by Crippen LogP contribution is -2.40. The van der Waals surface area contributed by atoms with E-state index in [9.17, 15) is 13.2 Å². The molecule has 134 valence electrons. The monoisotopic (exact) mass is 362 g/mol. The molecule has 0 aliphatic heterocycles. The van der Waals surface area contributed by atoms with Crippen molar-refractivity contribution in [2.24, 2.45) is 0 Å². The van der Waals surface area contributed by atoms with Crippen LogP contribution in [-0.4, -0.2) is 45.6 Å². The fourth-order valence-electron chi connectivity index (χ4n) is 2.37. The van der Waals surface area contributed by atoms with Gasteiger partial charge in [-0.25, -0.2) is 8.42 Å². The minimum Gasteiger partial charge on any atom is -0.496 e. The summed E-state index contributed by atoms with van der Waals surface area (Å²) in [6.45, 7) is -0.181. The van der Waals surface area contributed by atoms with Crippen molar-refractivity contribution in [2.45, 2.75) is 6.54 Å². The van der Waals surface area contributed by atoms with E-state index in [4.69, 9.17) is 4.74 Å². The molecule has 0 bridgehead atoms. The molecule has 2 rings (SSSR count). The highest BCUT2D eigenvalue weighted by atomic mass is 32.2. The molecule has 0 aromatic heterocycles. The molecular formula is C18H22N2O4S. The van der Waals surface area contributed by atoms with Gasteiger partial charge in [-0.3, -0.25) is 4.79 Å². The summed E-state index contributed by atoms with van der Waals surface area (Å²) in [5.74, 6) is 0.270. The Bertz CT molecular complexity index is 822. The first-order chi connectivity index (χ1) is 11.8. The number of sulfonamides is 1. The van der Waals surface area contributed by atoms with Crippen molar-refractivity contribution in [1.29, 1.82) is 0 Å². The minimum atomic E-state index is -3.57. The Morgan fingerprint density at radius 3 is 2.24 bits per heavy atom. The summed E-state index contributed by atoms with van der Waals surface area (Å²) in [4.78, 5) is 14.0. The zero-order valence-corrected chi connectivity index (χ0v) is 15.4. The summed E-state index contributed by atoms with van der Waals surface area (Å²) in [7, 11) is -0.417. The Kier molecular flexibility index (Phi) is 6.17. The molecule has 1 amide bonds. The van der Waals surface area contributed by atoms with E-state index in [2.05, 4.69) is 0 Å². The number of hydrogen-bond donors (Lipinski definition) is 0. The standard InChI is InChI=1S/C18H22N2O4S/c1-19(16-10-5-4-6-11-16)18(21)14-20(25(3,22)23)13-15-9-7-8-12-17(15)24-2/h4-12H,13-14H2,1-3H3. The van der Waals surface area contributed by atoms with Crippen LogP contribution in [0.25, 0.3) is 0 Å². The largest absolute Gasteiger partial charge is 0.496 e. The van der Waals surface area contributed by atoms with Crippen LogP contribution in [0.5, 0.6) is 5.75 Å². The van der Waals surface area contributed by atoms with Crippen molar-refractivity contribution >= 4 is 21.6 Å². The predicted octanol–water partition coefficient (Wildman–Crippen LogP) is 2.12. The highest BCUT2D eigenvalue weighted by Crippen LogP contribution is 2.21. The fourth-order valence-corrected chi connectivity index (χ4v) is 3.09. The van der Waals surface area contributed by atoms with Crippen LogP contribution in [0.3, 0.4) is 0 Å². The predicted molar refractivity (Wildman–Crippen MR) is 98.1 cm³/mol. The van der Waals surface area contributed by atoms with E-state index < -0.39 is 10.0 Å². The lowest BCUT2D eigenvalue weighted by molar-refractivity contribution is -0.118. The number of nitrogens with zero attached hydrogens (tertiary/aromatic N) is 2. The number of benzene rings is 2. The SMILES string of the molecule is COc1ccccc1CN(CC(=O)N(C)c1ccccc1)S(C)(=O)=O. The molecule has 0 aliphatic carbocycles. The molecule has 0 N–H and O–H groups in total. The second-order valence-electron chi connectivity index (χ2n) is 5.63. The third-order valence-electron chi connectivity index (χ3n) is 3.84. The van der Waals surface area contributed by atoms with Crippen molar-refractivity contribution in [3.8, 4) is 5.75 Å². The van der Waals surface area contributed by atoms with Gasteiger partial charge in [-0.05, 0) is 18.2 Å². The molecule has 0 heterocycles. The molecular weight excluding hydrogens is 340 g/mol. The Morgan fingerprint density at radius 1 is 1.04 bits per heavy atom. The van der Waals surface area contributed by atoms with Gasteiger partial charge in [0.15, 0.2) is 0 Å². The van der Waals surface area contributed by atoms with Gasteiger partial charge in [0.25, 0.3) is 0 Å². The van der Waals surface area contributed by atoms with Gasteiger partial charge < -0.3 is 9.64 Å². The number of rotatable bonds is 7. The number of ether oxygens (including phenoxy) is 1. The Balaban J connectivity index is 2.20. The Morgan fingerprint density at radius 2 is 1.64 bits per heavy atom. The van der Waals surface area contributed by atoms with Crippen LogP contribution in [0.4, 0.5) is 5.69 Å². The number of hydrogen-bond acceptors (Lipinski definition) is 4. The molecule has 2 aromatic rings. The highest BCUT2D eigenvalue weighted by molar-refractivity contribution is 7.88. The summed E-state index contributed by atoms with van der Waals surface area (Å²) >= 11 is 0. The first kappa shape index (κ1) is 19.0. The van der Waals surface area contributed by atoms with Crippen molar-refractivity contribution in [1.82, 2.24) is 4.31 Å². The molecule has 0 saturated heterocycles. The van der Waals surface area contributed by atoms with Gasteiger partial charge in [-0.1, -0.05) is 36.4 Å². The van der Waals surface area contributed by atoms with Crippen molar-refractivity contribution in [3.05, 3.63) is 60.2 Å². The van der Waals surface area contributed by atoms with E-state index in [1.165, 1.54) is 12.0 Å². The number of anilines is 1. The van der Waals surface area contributed by atoms with E-state index in [0.717, 1.165) is 10.6 Å². The van der Waals surface area contributed by atoms with Gasteiger partial charge in [-0.15, -0.1) is 0 Å². The lowest BCUT2D eigenvalue weighted by Gasteiger charge is -2.24. The van der Waals surface area contributed by atoms with Gasteiger partial charge in [-0.2, -0.15) is 4.31 Å². The van der Waals surface area contributed by atoms with Gasteiger partial charge in [0, 0.05) is 24.8 Å². The zero-order chi connectivity index (χ0) is 18.4. The third kappa shape index (κ3) is 5.04. The molecule has 0 fully saturated rings. The third-order valence-corrected chi connectivity index (χ3v) is 5.03. The first-order valence-corrected chi connectivity index (χ1v) is 9.56. The van der Waals surface area contributed by atoms with Gasteiger partial charge >= 0.3 is 0 Å². The maximum Gasteiger partial charge on any atom is 0.242 e. The van der Waals surface area contributed by atoms with Crippen LogP contribution in [0.2, 0.25) is 0 Å². The summed E-state index contributed by atoms with van der Waals surface area (Å²) in [5, 5.41) is 0. The van der Waals surface area contributed by atoms with Crippen molar-refractivity contribution < 1.29 is 17.9 Å². The molecule has 25 heavy (non-hydrogen) atoms. The summed E-state index contributed by atoms with van der Waals surface area (Å²) in [5.41, 5.74) is 1.41. The number of para-hydroxylation sites is 2. The molecule has 7 heteroatoms. The molecule has 0 aliphatic rings. The van der Waals surface area contributed by atoms with E-state index in [1.54, 1.807) is 43.4 Å². The van der Waals surface area contributed by atoms with Crippen LogP contribution >= 0.6 is 0 Å². The van der Waals surface area contributed by atoms with Crippen LogP contribution < -0.4 is 9.64 Å². The van der Waals surface area contributed by atoms with Crippen LogP contribution in [0, 0.1) is 0 Å². The first-order valence-electron chi connectivity index (χ1n) is 7.71. The average molecular weight is 362 g/mol.